The lowest BCUT2D eigenvalue weighted by Crippen LogP contribution is -2.31. The van der Waals surface area contributed by atoms with Gasteiger partial charge in [0.2, 0.25) is 5.91 Å². The van der Waals surface area contributed by atoms with Crippen LogP contribution in [0.5, 0.6) is 0 Å². The maximum absolute atomic E-state index is 12.4. The van der Waals surface area contributed by atoms with Crippen molar-refractivity contribution in [3.05, 3.63) is 22.2 Å². The SMILES string of the molecule is O=C1CSC(=Nc2cc(SCC(F)(F)F)c(Cl)cc2Cl)N1C1CC1. The molecule has 2 fully saturated rings. The molecule has 1 saturated heterocycles. The molecule has 1 aromatic carbocycles. The summed E-state index contributed by atoms with van der Waals surface area (Å²) in [6, 6.07) is 2.99. The van der Waals surface area contributed by atoms with E-state index >= 15 is 0 Å². The van der Waals surface area contributed by atoms with E-state index in [1.165, 1.54) is 23.9 Å². The van der Waals surface area contributed by atoms with Gasteiger partial charge < -0.3 is 0 Å². The largest absolute Gasteiger partial charge is 0.398 e. The molecule has 0 bridgehead atoms. The molecule has 0 atom stereocenters. The number of carbonyl (C=O) groups excluding carboxylic acids is 1. The zero-order chi connectivity index (χ0) is 17.5. The second-order valence-electron chi connectivity index (χ2n) is 5.32. The lowest BCUT2D eigenvalue weighted by molar-refractivity contribution is -0.124. The Hall–Kier alpha value is -0.570. The monoisotopic (exact) mass is 414 g/mol. The number of aliphatic imine (C=N–C) groups is 1. The summed E-state index contributed by atoms with van der Waals surface area (Å²) in [6.45, 7) is 0. The van der Waals surface area contributed by atoms with Crippen molar-refractivity contribution in [3.8, 4) is 0 Å². The molecule has 1 aliphatic carbocycles. The molecule has 3 rings (SSSR count). The molecule has 3 nitrogen and oxygen atoms in total. The van der Waals surface area contributed by atoms with Gasteiger partial charge in [0.15, 0.2) is 5.17 Å². The van der Waals surface area contributed by atoms with Crippen LogP contribution in [-0.4, -0.2) is 39.7 Å². The minimum atomic E-state index is -4.30. The highest BCUT2D eigenvalue weighted by Gasteiger charge is 2.40. The second-order valence-corrected chi connectivity index (χ2v) is 8.09. The van der Waals surface area contributed by atoms with Gasteiger partial charge in [0.1, 0.15) is 0 Å². The van der Waals surface area contributed by atoms with E-state index in [0.717, 1.165) is 12.8 Å². The molecule has 130 valence electrons. The van der Waals surface area contributed by atoms with Crippen molar-refractivity contribution in [2.45, 2.75) is 30.0 Å². The molecule has 0 N–H and O–H groups in total. The Balaban J connectivity index is 1.87. The first-order valence-electron chi connectivity index (χ1n) is 6.97. The summed E-state index contributed by atoms with van der Waals surface area (Å²) >= 11 is 14.0. The molecule has 0 aromatic heterocycles. The van der Waals surface area contributed by atoms with Crippen molar-refractivity contribution in [3.63, 3.8) is 0 Å². The van der Waals surface area contributed by atoms with E-state index in [0.29, 0.717) is 28.4 Å². The fourth-order valence-corrected chi connectivity index (χ4v) is 4.37. The van der Waals surface area contributed by atoms with Crippen LogP contribution >= 0.6 is 46.7 Å². The Bertz CT molecular complexity index is 708. The van der Waals surface area contributed by atoms with Crippen molar-refractivity contribution in [1.29, 1.82) is 0 Å². The third-order valence-electron chi connectivity index (χ3n) is 3.32. The van der Waals surface area contributed by atoms with E-state index in [4.69, 9.17) is 23.2 Å². The van der Waals surface area contributed by atoms with E-state index in [1.54, 1.807) is 4.90 Å². The van der Waals surface area contributed by atoms with Gasteiger partial charge in [-0.3, -0.25) is 9.69 Å². The average molecular weight is 415 g/mol. The van der Waals surface area contributed by atoms with Crippen molar-refractivity contribution in [2.24, 2.45) is 4.99 Å². The zero-order valence-corrected chi connectivity index (χ0v) is 15.2. The van der Waals surface area contributed by atoms with Gasteiger partial charge in [-0.2, -0.15) is 13.2 Å². The number of nitrogens with zero attached hydrogens (tertiary/aromatic N) is 2. The second kappa shape index (κ2) is 6.97. The van der Waals surface area contributed by atoms with Crippen LogP contribution in [0.2, 0.25) is 10.0 Å². The Morgan fingerprint density at radius 1 is 1.29 bits per heavy atom. The van der Waals surface area contributed by atoms with Crippen LogP contribution in [-0.2, 0) is 4.79 Å². The number of hydrogen-bond acceptors (Lipinski definition) is 4. The number of benzene rings is 1. The molecule has 0 radical (unpaired) electrons. The summed E-state index contributed by atoms with van der Waals surface area (Å²) in [4.78, 5) is 18.2. The number of amides is 1. The number of hydrogen-bond donors (Lipinski definition) is 0. The van der Waals surface area contributed by atoms with Gasteiger partial charge in [-0.15, -0.1) is 11.8 Å². The topological polar surface area (TPSA) is 32.7 Å². The molecule has 1 aromatic rings. The summed E-state index contributed by atoms with van der Waals surface area (Å²) in [5.74, 6) is -0.736. The molecule has 1 saturated carbocycles. The summed E-state index contributed by atoms with van der Waals surface area (Å²) in [7, 11) is 0. The maximum Gasteiger partial charge on any atom is 0.398 e. The molecule has 10 heteroatoms. The minimum absolute atomic E-state index is 0.00185. The Morgan fingerprint density at radius 2 is 2.00 bits per heavy atom. The standard InChI is InChI=1S/C14H11Cl2F3N2OS2/c15-8-3-9(16)11(24-6-14(17,18)19)4-10(8)20-13-21(7-1-2-7)12(22)5-23-13/h3-4,7H,1-2,5-6H2. The lowest BCUT2D eigenvalue weighted by Gasteiger charge is -2.15. The van der Waals surface area contributed by atoms with Gasteiger partial charge in [-0.25, -0.2) is 4.99 Å². The molecule has 0 spiro atoms. The molecule has 24 heavy (non-hydrogen) atoms. The molecule has 0 unspecified atom stereocenters. The van der Waals surface area contributed by atoms with E-state index in [9.17, 15) is 18.0 Å². The summed E-state index contributed by atoms with van der Waals surface area (Å²) in [6.07, 6.45) is -2.42. The van der Waals surface area contributed by atoms with Crippen LogP contribution in [0.4, 0.5) is 18.9 Å². The van der Waals surface area contributed by atoms with Crippen LogP contribution in [0, 0.1) is 0 Å². The number of thioether (sulfide) groups is 2. The number of rotatable bonds is 4. The Labute approximate surface area is 155 Å². The predicted octanol–water partition coefficient (Wildman–Crippen LogP) is 5.37. The van der Waals surface area contributed by atoms with E-state index in [1.807, 2.05) is 0 Å². The van der Waals surface area contributed by atoms with Crippen LogP contribution in [0.15, 0.2) is 22.0 Å². The van der Waals surface area contributed by atoms with Gasteiger partial charge in [0.25, 0.3) is 0 Å². The quantitative estimate of drug-likeness (QED) is 0.620. The highest BCUT2D eigenvalue weighted by molar-refractivity contribution is 8.15. The van der Waals surface area contributed by atoms with Gasteiger partial charge in [0, 0.05) is 10.9 Å². The van der Waals surface area contributed by atoms with Crippen molar-refractivity contribution < 1.29 is 18.0 Å². The van der Waals surface area contributed by atoms with Gasteiger partial charge in [-0.05, 0) is 25.0 Å². The number of alkyl halides is 3. The van der Waals surface area contributed by atoms with Gasteiger partial charge in [-0.1, -0.05) is 35.0 Å². The minimum Gasteiger partial charge on any atom is -0.287 e. The fraction of sp³-hybridized carbons (Fsp3) is 0.429. The molecule has 1 aliphatic heterocycles. The molecular formula is C14H11Cl2F3N2OS2. The number of amidine groups is 1. The van der Waals surface area contributed by atoms with Crippen LogP contribution in [0.3, 0.4) is 0 Å². The molecule has 2 aliphatic rings. The lowest BCUT2D eigenvalue weighted by atomic mass is 10.3. The molecule has 1 heterocycles. The highest BCUT2D eigenvalue weighted by atomic mass is 35.5. The van der Waals surface area contributed by atoms with Crippen molar-refractivity contribution >= 4 is 63.5 Å². The smallest absolute Gasteiger partial charge is 0.287 e. The van der Waals surface area contributed by atoms with E-state index < -0.39 is 11.9 Å². The summed E-state index contributed by atoms with van der Waals surface area (Å²) < 4.78 is 37.2. The Kier molecular flexibility index (Phi) is 5.30. The van der Waals surface area contributed by atoms with Crippen molar-refractivity contribution in [1.82, 2.24) is 4.90 Å². The number of carbonyl (C=O) groups is 1. The van der Waals surface area contributed by atoms with Crippen LogP contribution < -0.4 is 0 Å². The average Bonchev–Trinajstić information content (AvgIpc) is 3.24. The highest BCUT2D eigenvalue weighted by Crippen LogP contribution is 2.40. The van der Waals surface area contributed by atoms with Crippen LogP contribution in [0.25, 0.3) is 0 Å². The summed E-state index contributed by atoms with van der Waals surface area (Å²) in [5, 5.41) is 0.922. The maximum atomic E-state index is 12.4. The molecular weight excluding hydrogens is 404 g/mol. The van der Waals surface area contributed by atoms with Gasteiger partial charge >= 0.3 is 6.18 Å². The van der Waals surface area contributed by atoms with E-state index in [-0.39, 0.29) is 26.9 Å². The fourth-order valence-electron chi connectivity index (χ4n) is 2.13. The zero-order valence-electron chi connectivity index (χ0n) is 12.1. The van der Waals surface area contributed by atoms with Gasteiger partial charge in [0.05, 0.1) is 27.2 Å². The normalized spacial score (nSPS) is 20.3. The first-order valence-corrected chi connectivity index (χ1v) is 9.69. The Morgan fingerprint density at radius 3 is 2.62 bits per heavy atom. The first-order chi connectivity index (χ1) is 11.2. The van der Waals surface area contributed by atoms with E-state index in [2.05, 4.69) is 4.99 Å². The van der Waals surface area contributed by atoms with Crippen molar-refractivity contribution in [2.75, 3.05) is 11.5 Å². The predicted molar refractivity (Wildman–Crippen MR) is 92.7 cm³/mol. The third kappa shape index (κ3) is 4.33. The van der Waals surface area contributed by atoms with Crippen LogP contribution in [0.1, 0.15) is 12.8 Å². The first kappa shape index (κ1) is 18.2. The molecule has 1 amide bonds. The number of halogens is 5. The summed E-state index contributed by atoms with van der Waals surface area (Å²) in [5.41, 5.74) is 0.314. The third-order valence-corrected chi connectivity index (χ3v) is 6.11.